The predicted molar refractivity (Wildman–Crippen MR) is 111 cm³/mol. The summed E-state index contributed by atoms with van der Waals surface area (Å²) in [5.41, 5.74) is 2.32. The highest BCUT2D eigenvalue weighted by Gasteiger charge is 2.19. The first-order valence-corrected chi connectivity index (χ1v) is 9.21. The number of aliphatic hydroxyl groups is 1. The lowest BCUT2D eigenvalue weighted by Gasteiger charge is -2.22. The second-order valence-electron chi connectivity index (χ2n) is 6.77. The van der Waals surface area contributed by atoms with Crippen molar-refractivity contribution in [1.29, 1.82) is 0 Å². The van der Waals surface area contributed by atoms with Gasteiger partial charge in [-0.15, -0.1) is 0 Å². The highest BCUT2D eigenvalue weighted by Crippen LogP contribution is 2.24. The summed E-state index contributed by atoms with van der Waals surface area (Å²) in [5, 5.41) is 10.3. The molecule has 0 aliphatic carbocycles. The van der Waals surface area contributed by atoms with Crippen LogP contribution in [0.4, 0.5) is 0 Å². The Hall–Kier alpha value is -3.32. The van der Waals surface area contributed by atoms with Crippen LogP contribution in [0.5, 0.6) is 11.5 Å². The van der Waals surface area contributed by atoms with Gasteiger partial charge in [-0.05, 0) is 42.1 Å². The lowest BCUT2D eigenvalue weighted by atomic mass is 10.1. The van der Waals surface area contributed by atoms with Crippen molar-refractivity contribution in [2.75, 3.05) is 27.4 Å². The molecule has 2 N–H and O–H groups in total. The van der Waals surface area contributed by atoms with Crippen molar-refractivity contribution in [2.45, 2.75) is 13.5 Å². The molecule has 7 heteroatoms. The Kier molecular flexibility index (Phi) is 6.19. The summed E-state index contributed by atoms with van der Waals surface area (Å²) in [6, 6.07) is 12.4. The molecule has 0 bridgehead atoms. The van der Waals surface area contributed by atoms with Gasteiger partial charge in [0.05, 0.1) is 27.4 Å². The van der Waals surface area contributed by atoms with Crippen LogP contribution in [0.15, 0.2) is 47.3 Å². The second kappa shape index (κ2) is 8.79. The smallest absolute Gasteiger partial charge is 0.254 e. The fourth-order valence-electron chi connectivity index (χ4n) is 3.17. The van der Waals surface area contributed by atoms with E-state index in [0.29, 0.717) is 22.6 Å². The van der Waals surface area contributed by atoms with Crippen molar-refractivity contribution >= 4 is 16.8 Å². The van der Waals surface area contributed by atoms with Gasteiger partial charge in [-0.2, -0.15) is 0 Å². The van der Waals surface area contributed by atoms with Crippen LogP contribution in [0.3, 0.4) is 0 Å². The summed E-state index contributed by atoms with van der Waals surface area (Å²) in [6.45, 7) is 1.88. The Labute approximate surface area is 168 Å². The van der Waals surface area contributed by atoms with Crippen molar-refractivity contribution < 1.29 is 19.4 Å². The quantitative estimate of drug-likeness (QED) is 0.640. The average molecular weight is 396 g/mol. The van der Waals surface area contributed by atoms with Crippen molar-refractivity contribution in [3.05, 3.63) is 69.5 Å². The Morgan fingerprint density at radius 3 is 2.38 bits per heavy atom. The van der Waals surface area contributed by atoms with Crippen LogP contribution >= 0.6 is 0 Å². The third kappa shape index (κ3) is 4.57. The molecule has 1 amide bonds. The summed E-state index contributed by atoms with van der Waals surface area (Å²) in [6.07, 6.45) is 0. The van der Waals surface area contributed by atoms with Gasteiger partial charge in [0, 0.05) is 29.3 Å². The number of methoxy groups -OCH3 is 2. The third-order valence-corrected chi connectivity index (χ3v) is 4.70. The molecule has 3 rings (SSSR count). The van der Waals surface area contributed by atoms with E-state index >= 15 is 0 Å². The molecule has 0 fully saturated rings. The minimum Gasteiger partial charge on any atom is -0.497 e. The number of fused-ring (bicyclic) bond motifs is 1. The number of rotatable bonds is 7. The molecule has 0 unspecified atom stereocenters. The Bertz CT molecular complexity index is 1070. The van der Waals surface area contributed by atoms with Crippen LogP contribution in [0.1, 0.15) is 21.5 Å². The summed E-state index contributed by atoms with van der Waals surface area (Å²) < 4.78 is 10.5. The number of aliphatic hydroxyl groups excluding tert-OH is 1. The van der Waals surface area contributed by atoms with Crippen LogP contribution in [0, 0.1) is 6.92 Å². The highest BCUT2D eigenvalue weighted by molar-refractivity contribution is 5.95. The Balaban J connectivity index is 1.95. The number of benzene rings is 2. The minimum atomic E-state index is -0.334. The molecule has 0 saturated heterocycles. The first kappa shape index (κ1) is 20.4. The largest absolute Gasteiger partial charge is 0.497 e. The van der Waals surface area contributed by atoms with Gasteiger partial charge in [0.25, 0.3) is 11.5 Å². The summed E-state index contributed by atoms with van der Waals surface area (Å²) in [7, 11) is 3.01. The minimum absolute atomic E-state index is 0.0675. The monoisotopic (exact) mass is 396 g/mol. The van der Waals surface area contributed by atoms with E-state index in [0.717, 1.165) is 16.5 Å². The molecule has 1 aromatic heterocycles. The van der Waals surface area contributed by atoms with Crippen molar-refractivity contribution in [3.8, 4) is 11.5 Å². The van der Waals surface area contributed by atoms with Gasteiger partial charge in [0.1, 0.15) is 11.5 Å². The number of carbonyl (C=O) groups is 1. The van der Waals surface area contributed by atoms with Gasteiger partial charge in [0.15, 0.2) is 0 Å². The zero-order valence-electron chi connectivity index (χ0n) is 16.7. The molecule has 3 aromatic rings. The number of nitrogens with one attached hydrogen (secondary N) is 1. The molecule has 29 heavy (non-hydrogen) atoms. The van der Waals surface area contributed by atoms with E-state index < -0.39 is 0 Å². The second-order valence-corrected chi connectivity index (χ2v) is 6.77. The number of amides is 1. The zero-order valence-corrected chi connectivity index (χ0v) is 16.7. The maximum Gasteiger partial charge on any atom is 0.254 e. The van der Waals surface area contributed by atoms with Crippen molar-refractivity contribution in [3.63, 3.8) is 0 Å². The van der Waals surface area contributed by atoms with Gasteiger partial charge in [-0.3, -0.25) is 9.59 Å². The Morgan fingerprint density at radius 2 is 1.76 bits per heavy atom. The lowest BCUT2D eigenvalue weighted by Crippen LogP contribution is -2.35. The van der Waals surface area contributed by atoms with Gasteiger partial charge in [-0.25, -0.2) is 0 Å². The molecule has 0 saturated carbocycles. The van der Waals surface area contributed by atoms with Gasteiger partial charge in [0.2, 0.25) is 0 Å². The van der Waals surface area contributed by atoms with Crippen LogP contribution in [0.2, 0.25) is 0 Å². The Morgan fingerprint density at radius 1 is 1.07 bits per heavy atom. The molecule has 2 aromatic carbocycles. The fraction of sp³-hybridized carbons (Fsp3) is 0.273. The lowest BCUT2D eigenvalue weighted by molar-refractivity contribution is 0.0706. The van der Waals surface area contributed by atoms with Crippen LogP contribution in [-0.2, 0) is 6.54 Å². The number of pyridine rings is 1. The molecule has 0 atom stereocenters. The topological polar surface area (TPSA) is 91.9 Å². The van der Waals surface area contributed by atoms with Crippen molar-refractivity contribution in [1.82, 2.24) is 9.88 Å². The maximum atomic E-state index is 13.1. The number of H-pyrrole nitrogens is 1. The van der Waals surface area contributed by atoms with E-state index in [1.165, 1.54) is 19.1 Å². The van der Waals surface area contributed by atoms with E-state index in [9.17, 15) is 14.7 Å². The summed E-state index contributed by atoms with van der Waals surface area (Å²) in [4.78, 5) is 29.9. The first-order chi connectivity index (χ1) is 13.9. The number of carbonyl (C=O) groups excluding carboxylic acids is 1. The summed E-state index contributed by atoms with van der Waals surface area (Å²) >= 11 is 0. The molecular formula is C22H24N2O5. The number of ether oxygens (including phenoxy) is 2. The normalized spacial score (nSPS) is 10.8. The number of aryl methyl sites for hydroxylation is 1. The zero-order chi connectivity index (χ0) is 21.0. The molecule has 152 valence electrons. The summed E-state index contributed by atoms with van der Waals surface area (Å²) in [5.74, 6) is 0.630. The van der Waals surface area contributed by atoms with Gasteiger partial charge in [-0.1, -0.05) is 12.1 Å². The molecule has 7 nitrogen and oxygen atoms in total. The molecule has 0 spiro atoms. The van der Waals surface area contributed by atoms with Crippen LogP contribution in [0.25, 0.3) is 10.9 Å². The maximum absolute atomic E-state index is 13.1. The average Bonchev–Trinajstić information content (AvgIpc) is 2.72. The van der Waals surface area contributed by atoms with Crippen molar-refractivity contribution in [2.24, 2.45) is 0 Å². The molecule has 0 aliphatic rings. The van der Waals surface area contributed by atoms with E-state index in [2.05, 4.69) is 4.98 Å². The number of hydrogen-bond donors (Lipinski definition) is 2. The third-order valence-electron chi connectivity index (χ3n) is 4.70. The van der Waals surface area contributed by atoms with E-state index in [1.54, 1.807) is 24.3 Å². The number of aromatic amines is 1. The number of hydrogen-bond acceptors (Lipinski definition) is 5. The standard InChI is InChI=1S/C22H24N2O5/c1-14-4-5-15-9-17(21(26)23-20(15)8-14)13-24(6-7-25)22(27)16-10-18(28-2)12-19(11-16)29-3/h4-5,8-12,25H,6-7,13H2,1-3H3,(H,23,26). The molecule has 0 aliphatic heterocycles. The highest BCUT2D eigenvalue weighted by atomic mass is 16.5. The van der Waals surface area contributed by atoms with Crippen LogP contribution in [-0.4, -0.2) is 48.3 Å². The van der Waals surface area contributed by atoms with Gasteiger partial charge >= 0.3 is 0 Å². The molecule has 0 radical (unpaired) electrons. The van der Waals surface area contributed by atoms with Gasteiger partial charge < -0.3 is 24.5 Å². The molecule has 1 heterocycles. The number of nitrogens with zero attached hydrogens (tertiary/aromatic N) is 1. The SMILES string of the molecule is COc1cc(OC)cc(C(=O)N(CCO)Cc2cc3ccc(C)cc3[nH]c2=O)c1. The fourth-order valence-corrected chi connectivity index (χ4v) is 3.17. The molecular weight excluding hydrogens is 372 g/mol. The van der Waals surface area contributed by atoms with E-state index in [4.69, 9.17) is 9.47 Å². The van der Waals surface area contributed by atoms with E-state index in [1.807, 2.05) is 25.1 Å². The number of aromatic nitrogens is 1. The van der Waals surface area contributed by atoms with E-state index in [-0.39, 0.29) is 31.2 Å². The predicted octanol–water partition coefficient (Wildman–Crippen LogP) is 2.49. The first-order valence-electron chi connectivity index (χ1n) is 9.21. The van der Waals surface area contributed by atoms with Crippen LogP contribution < -0.4 is 15.0 Å².